The highest BCUT2D eigenvalue weighted by atomic mass is 35.5. The van der Waals surface area contributed by atoms with Crippen LogP contribution >= 0.6 is 11.6 Å². The van der Waals surface area contributed by atoms with Crippen LogP contribution in [-0.2, 0) is 11.3 Å². The largest absolute Gasteiger partial charge is 0.354 e. The van der Waals surface area contributed by atoms with Gasteiger partial charge in [-0.05, 0) is 24.6 Å². The number of carbonyl (C=O) groups excluding carboxylic acids is 2. The Labute approximate surface area is 175 Å². The van der Waals surface area contributed by atoms with Crippen molar-refractivity contribution in [2.24, 2.45) is 0 Å². The minimum absolute atomic E-state index is 0.0784. The Morgan fingerprint density at radius 2 is 2.10 bits per heavy atom. The van der Waals surface area contributed by atoms with Crippen LogP contribution in [0.1, 0.15) is 28.5 Å². The molecule has 0 bridgehead atoms. The molecule has 152 valence electrons. The monoisotopic (exact) mass is 426 g/mol. The summed E-state index contributed by atoms with van der Waals surface area (Å²) in [5.41, 5.74) is 2.42. The lowest BCUT2D eigenvalue weighted by Gasteiger charge is -2.12. The summed E-state index contributed by atoms with van der Waals surface area (Å²) >= 11 is 6.21. The van der Waals surface area contributed by atoms with Crippen molar-refractivity contribution in [3.05, 3.63) is 58.8 Å². The first-order valence-electron chi connectivity index (χ1n) is 9.36. The molecule has 3 aromatic rings. The Balaban J connectivity index is 1.55. The topological polar surface area (TPSA) is 101 Å². The fourth-order valence-electron chi connectivity index (χ4n) is 3.76. The van der Waals surface area contributed by atoms with Crippen LogP contribution in [0.25, 0.3) is 11.3 Å². The van der Waals surface area contributed by atoms with Gasteiger partial charge < -0.3 is 16.0 Å². The van der Waals surface area contributed by atoms with Gasteiger partial charge in [0.15, 0.2) is 0 Å². The van der Waals surface area contributed by atoms with Crippen molar-refractivity contribution in [3.63, 3.8) is 0 Å². The molecule has 30 heavy (non-hydrogen) atoms. The molecule has 1 saturated heterocycles. The molecule has 1 aromatic carbocycles. The highest BCUT2D eigenvalue weighted by molar-refractivity contribution is 6.33. The number of nitrogens with one attached hydrogen (secondary N) is 3. The molecule has 2 aromatic heterocycles. The number of amides is 2. The van der Waals surface area contributed by atoms with Crippen LogP contribution in [0.15, 0.2) is 36.7 Å². The van der Waals surface area contributed by atoms with Crippen molar-refractivity contribution in [2.45, 2.75) is 19.0 Å². The van der Waals surface area contributed by atoms with Gasteiger partial charge in [0.1, 0.15) is 11.9 Å². The van der Waals surface area contributed by atoms with Crippen LogP contribution in [0.5, 0.6) is 0 Å². The second-order valence-corrected chi connectivity index (χ2v) is 7.49. The Hall–Kier alpha value is -3.46. The zero-order valence-electron chi connectivity index (χ0n) is 15.6. The van der Waals surface area contributed by atoms with Gasteiger partial charge in [0.2, 0.25) is 5.91 Å². The van der Waals surface area contributed by atoms with Crippen molar-refractivity contribution in [1.82, 2.24) is 25.4 Å². The highest BCUT2D eigenvalue weighted by Crippen LogP contribution is 2.35. The predicted molar refractivity (Wildman–Crippen MR) is 108 cm³/mol. The molecule has 1 fully saturated rings. The molecular weight excluding hydrogens is 411 g/mol. The maximum Gasteiger partial charge on any atom is 0.255 e. The number of nitrogens with zero attached hydrogens (tertiary/aromatic N) is 3. The van der Waals surface area contributed by atoms with Gasteiger partial charge in [-0.25, -0.2) is 9.37 Å². The Morgan fingerprint density at radius 3 is 2.87 bits per heavy atom. The van der Waals surface area contributed by atoms with E-state index in [9.17, 15) is 14.0 Å². The molecule has 1 atom stereocenters. The summed E-state index contributed by atoms with van der Waals surface area (Å²) in [5.74, 6) is -0.850. The van der Waals surface area contributed by atoms with Crippen LogP contribution in [0.3, 0.4) is 0 Å². The summed E-state index contributed by atoms with van der Waals surface area (Å²) in [6.07, 6.45) is 3.93. The minimum atomic E-state index is -0.502. The summed E-state index contributed by atoms with van der Waals surface area (Å²) in [6.45, 7) is 0.848. The van der Waals surface area contributed by atoms with E-state index in [1.54, 1.807) is 29.2 Å². The van der Waals surface area contributed by atoms with E-state index in [2.05, 4.69) is 26.0 Å². The summed E-state index contributed by atoms with van der Waals surface area (Å²) in [5, 5.41) is 13.2. The second-order valence-electron chi connectivity index (χ2n) is 7.09. The fraction of sp³-hybridized carbons (Fsp3) is 0.200. The average molecular weight is 427 g/mol. The second kappa shape index (κ2) is 7.10. The first kappa shape index (κ1) is 18.6. The van der Waals surface area contributed by atoms with Gasteiger partial charge >= 0.3 is 0 Å². The van der Waals surface area contributed by atoms with Crippen LogP contribution in [0.4, 0.5) is 15.8 Å². The van der Waals surface area contributed by atoms with Gasteiger partial charge in [-0.15, -0.1) is 0 Å². The van der Waals surface area contributed by atoms with Crippen molar-refractivity contribution in [2.75, 3.05) is 11.9 Å². The molecule has 5 rings (SSSR count). The summed E-state index contributed by atoms with van der Waals surface area (Å²) in [7, 11) is 0. The predicted octanol–water partition coefficient (Wildman–Crippen LogP) is 2.79. The van der Waals surface area contributed by atoms with Gasteiger partial charge in [-0.1, -0.05) is 17.7 Å². The van der Waals surface area contributed by atoms with Crippen LogP contribution in [0, 0.1) is 5.82 Å². The number of fused-ring (bicyclic) bond motifs is 1. The third-order valence-electron chi connectivity index (χ3n) is 5.18. The third kappa shape index (κ3) is 3.07. The normalized spacial score (nSPS) is 17.6. The number of rotatable bonds is 4. The van der Waals surface area contributed by atoms with Crippen molar-refractivity contribution >= 4 is 34.8 Å². The van der Waals surface area contributed by atoms with Gasteiger partial charge in [-0.2, -0.15) is 5.10 Å². The number of hydrogen-bond donors (Lipinski definition) is 3. The van der Waals surface area contributed by atoms with Crippen molar-refractivity contribution in [3.8, 4) is 11.3 Å². The summed E-state index contributed by atoms with van der Waals surface area (Å²) in [6, 6.07) is 5.64. The van der Waals surface area contributed by atoms with Gasteiger partial charge in [-0.3, -0.25) is 14.3 Å². The first-order valence-corrected chi connectivity index (χ1v) is 9.74. The Morgan fingerprint density at radius 1 is 1.23 bits per heavy atom. The zero-order valence-corrected chi connectivity index (χ0v) is 16.3. The van der Waals surface area contributed by atoms with Crippen LogP contribution < -0.4 is 16.0 Å². The standard InChI is InChI=1S/C20H16ClFN6O2/c21-11-2-1-3-12(22)17(11)13-6-14(18-15(27-13)8-24-20(18)30)26-10-7-25-28(9-10)16-4-5-23-19(16)29/h1-3,6-7,9,16H,4-5,8H2,(H,23,29)(H,24,30)(H,26,27)/t16-/m1/s1. The lowest BCUT2D eigenvalue weighted by Crippen LogP contribution is -2.22. The average Bonchev–Trinajstić information content (AvgIpc) is 3.42. The SMILES string of the molecule is O=C1NCc2nc(-c3c(F)cccc3Cl)cc(Nc3cnn([C@@H]4CCNC4=O)c3)c21. The number of benzene rings is 1. The van der Waals surface area contributed by atoms with Crippen LogP contribution in [-0.4, -0.2) is 33.1 Å². The van der Waals surface area contributed by atoms with E-state index in [1.165, 1.54) is 12.1 Å². The van der Waals surface area contributed by atoms with E-state index in [0.29, 0.717) is 41.3 Å². The maximum atomic E-state index is 14.5. The molecule has 2 aliphatic heterocycles. The van der Waals surface area contributed by atoms with E-state index in [-0.39, 0.29) is 35.0 Å². The number of anilines is 2. The number of hydrogen-bond acceptors (Lipinski definition) is 5. The zero-order chi connectivity index (χ0) is 20.8. The van der Waals surface area contributed by atoms with E-state index < -0.39 is 5.82 Å². The smallest absolute Gasteiger partial charge is 0.255 e. The molecule has 3 N–H and O–H groups in total. The quantitative estimate of drug-likeness (QED) is 0.595. The van der Waals surface area contributed by atoms with Crippen molar-refractivity contribution in [1.29, 1.82) is 0 Å². The molecule has 0 spiro atoms. The Bertz CT molecular complexity index is 1170. The lowest BCUT2D eigenvalue weighted by atomic mass is 10.1. The molecule has 0 aliphatic carbocycles. The number of aromatic nitrogens is 3. The van der Waals surface area contributed by atoms with E-state index in [4.69, 9.17) is 11.6 Å². The molecule has 10 heteroatoms. The van der Waals surface area contributed by atoms with Gasteiger partial charge in [0, 0.05) is 12.7 Å². The van der Waals surface area contributed by atoms with Gasteiger partial charge in [0.25, 0.3) is 5.91 Å². The summed E-state index contributed by atoms with van der Waals surface area (Å²) < 4.78 is 16.0. The van der Waals surface area contributed by atoms with Crippen molar-refractivity contribution < 1.29 is 14.0 Å². The number of carbonyl (C=O) groups is 2. The fourth-order valence-corrected chi connectivity index (χ4v) is 4.02. The first-order chi connectivity index (χ1) is 14.5. The van der Waals surface area contributed by atoms with Gasteiger partial charge in [0.05, 0.1) is 51.7 Å². The van der Waals surface area contributed by atoms with E-state index in [1.807, 2.05) is 0 Å². The number of pyridine rings is 1. The molecule has 4 heterocycles. The molecule has 2 aliphatic rings. The molecule has 8 nitrogen and oxygen atoms in total. The molecule has 0 saturated carbocycles. The molecule has 0 unspecified atom stereocenters. The summed E-state index contributed by atoms with van der Waals surface area (Å²) in [4.78, 5) is 28.7. The lowest BCUT2D eigenvalue weighted by molar-refractivity contribution is -0.122. The molecular formula is C20H16ClFN6O2. The molecule has 2 amide bonds. The number of halogens is 2. The van der Waals surface area contributed by atoms with E-state index >= 15 is 0 Å². The third-order valence-corrected chi connectivity index (χ3v) is 5.49. The maximum absolute atomic E-state index is 14.5. The van der Waals surface area contributed by atoms with E-state index in [0.717, 1.165) is 0 Å². The van der Waals surface area contributed by atoms with Crippen LogP contribution in [0.2, 0.25) is 5.02 Å². The highest BCUT2D eigenvalue weighted by Gasteiger charge is 2.28. The minimum Gasteiger partial charge on any atom is -0.354 e. The molecule has 0 radical (unpaired) electrons. The Kier molecular flexibility index (Phi) is 4.39.